The first-order valence-electron chi connectivity index (χ1n) is 10.2. The van der Waals surface area contributed by atoms with Gasteiger partial charge in [-0.2, -0.15) is 0 Å². The van der Waals surface area contributed by atoms with Gasteiger partial charge in [0.25, 0.3) is 5.91 Å². The van der Waals surface area contributed by atoms with E-state index >= 15 is 0 Å². The number of carbonyl (C=O) groups excluding carboxylic acids is 1. The van der Waals surface area contributed by atoms with Crippen LogP contribution in [0.4, 0.5) is 0 Å². The molecule has 0 aromatic heterocycles. The molecule has 0 unspecified atom stereocenters. The van der Waals surface area contributed by atoms with Crippen LogP contribution >= 0.6 is 7.60 Å². The standard InChI is InChI=1S/C26H20NO4P/c28-25-23-18-10-11-19-24(23)26(27-25,20-12-4-1-5-13-20)32(29,30-21-14-6-2-7-15-21)31-22-16-8-3-9-17-22/h1-19H,(H,27,28)/t26-/m1/s1. The van der Waals surface area contributed by atoms with E-state index in [1.807, 2.05) is 48.5 Å². The maximum atomic E-state index is 14.9. The summed E-state index contributed by atoms with van der Waals surface area (Å²) in [6.07, 6.45) is 0. The average Bonchev–Trinajstić information content (AvgIpc) is 3.15. The molecule has 158 valence electrons. The predicted molar refractivity (Wildman–Crippen MR) is 123 cm³/mol. The smallest absolute Gasteiger partial charge is 0.414 e. The van der Waals surface area contributed by atoms with Gasteiger partial charge in [-0.1, -0.05) is 84.9 Å². The Bertz CT molecular complexity index is 1250. The van der Waals surface area contributed by atoms with E-state index in [2.05, 4.69) is 5.32 Å². The van der Waals surface area contributed by atoms with E-state index in [4.69, 9.17) is 9.05 Å². The number of benzene rings is 4. The highest BCUT2D eigenvalue weighted by Gasteiger charge is 2.62. The van der Waals surface area contributed by atoms with E-state index in [0.717, 1.165) is 0 Å². The Labute approximate surface area is 186 Å². The number of fused-ring (bicyclic) bond motifs is 1. The molecule has 0 spiro atoms. The van der Waals surface area contributed by atoms with Crippen molar-refractivity contribution in [2.45, 2.75) is 5.28 Å². The molecule has 1 aliphatic heterocycles. The topological polar surface area (TPSA) is 64.6 Å². The molecule has 5 rings (SSSR count). The number of amides is 1. The molecule has 1 atom stereocenters. The fraction of sp³-hybridized carbons (Fsp3) is 0.0385. The van der Waals surface area contributed by atoms with Crippen LogP contribution in [0.3, 0.4) is 0 Å². The largest absolute Gasteiger partial charge is 0.465 e. The molecule has 4 aromatic rings. The number of hydrogen-bond donors (Lipinski definition) is 1. The quantitative estimate of drug-likeness (QED) is 0.374. The molecular formula is C26H20NO4P. The van der Waals surface area contributed by atoms with Gasteiger partial charge in [-0.25, -0.2) is 4.57 Å². The molecule has 1 N–H and O–H groups in total. The van der Waals surface area contributed by atoms with Crippen molar-refractivity contribution in [3.8, 4) is 11.5 Å². The van der Waals surface area contributed by atoms with Crippen molar-refractivity contribution in [3.05, 3.63) is 132 Å². The number of rotatable bonds is 6. The second-order valence-electron chi connectivity index (χ2n) is 7.38. The zero-order valence-electron chi connectivity index (χ0n) is 17.0. The molecule has 1 aliphatic rings. The fourth-order valence-corrected chi connectivity index (χ4v) is 6.28. The maximum Gasteiger partial charge on any atom is 0.465 e. The summed E-state index contributed by atoms with van der Waals surface area (Å²) in [6.45, 7) is 0. The van der Waals surface area contributed by atoms with Gasteiger partial charge in [0.2, 0.25) is 5.28 Å². The molecule has 0 radical (unpaired) electrons. The minimum absolute atomic E-state index is 0.335. The van der Waals surface area contributed by atoms with E-state index in [0.29, 0.717) is 28.2 Å². The highest BCUT2D eigenvalue weighted by molar-refractivity contribution is 7.56. The van der Waals surface area contributed by atoms with Crippen LogP contribution in [0.15, 0.2) is 115 Å². The van der Waals surface area contributed by atoms with Crippen molar-refractivity contribution in [3.63, 3.8) is 0 Å². The van der Waals surface area contributed by atoms with Gasteiger partial charge in [-0.3, -0.25) is 4.79 Å². The summed E-state index contributed by atoms with van der Waals surface area (Å²) in [5.41, 5.74) is 1.59. The Kier molecular flexibility index (Phi) is 5.04. The van der Waals surface area contributed by atoms with Gasteiger partial charge in [-0.15, -0.1) is 0 Å². The third-order valence-electron chi connectivity index (χ3n) is 5.40. The van der Waals surface area contributed by atoms with E-state index in [9.17, 15) is 9.36 Å². The Morgan fingerprint density at radius 3 is 1.66 bits per heavy atom. The first-order chi connectivity index (χ1) is 15.6. The van der Waals surface area contributed by atoms with Crippen LogP contribution in [-0.4, -0.2) is 5.91 Å². The lowest BCUT2D eigenvalue weighted by Gasteiger charge is -2.36. The van der Waals surface area contributed by atoms with Crippen molar-refractivity contribution in [2.24, 2.45) is 0 Å². The van der Waals surface area contributed by atoms with Crippen LogP contribution < -0.4 is 14.4 Å². The number of carbonyl (C=O) groups is 1. The molecule has 0 saturated carbocycles. The minimum atomic E-state index is -4.17. The average molecular weight is 441 g/mol. The van der Waals surface area contributed by atoms with Gasteiger partial charge < -0.3 is 14.4 Å². The first-order valence-corrected chi connectivity index (χ1v) is 11.7. The molecule has 5 nitrogen and oxygen atoms in total. The maximum absolute atomic E-state index is 14.9. The third-order valence-corrected chi connectivity index (χ3v) is 7.73. The molecule has 0 fully saturated rings. The van der Waals surface area contributed by atoms with Gasteiger partial charge in [0, 0.05) is 11.1 Å². The molecule has 4 aromatic carbocycles. The zero-order valence-corrected chi connectivity index (χ0v) is 17.9. The fourth-order valence-electron chi connectivity index (χ4n) is 3.97. The summed E-state index contributed by atoms with van der Waals surface area (Å²) in [5.74, 6) is 0.416. The highest BCUT2D eigenvalue weighted by atomic mass is 31.2. The first kappa shape index (κ1) is 20.1. The SMILES string of the molecule is O=C1N[C@](c2ccccc2)(P(=O)(Oc2ccccc2)Oc2ccccc2)c2ccccc21. The third kappa shape index (κ3) is 3.28. The highest BCUT2D eigenvalue weighted by Crippen LogP contribution is 2.67. The lowest BCUT2D eigenvalue weighted by molar-refractivity contribution is 0.0949. The number of hydrogen-bond acceptors (Lipinski definition) is 4. The second kappa shape index (κ2) is 8.03. The van der Waals surface area contributed by atoms with Crippen molar-refractivity contribution in [1.82, 2.24) is 5.32 Å². The zero-order chi connectivity index (χ0) is 22.0. The molecule has 0 aliphatic carbocycles. The van der Waals surface area contributed by atoms with Crippen LogP contribution in [0.25, 0.3) is 0 Å². The lowest BCUT2D eigenvalue weighted by atomic mass is 9.98. The van der Waals surface area contributed by atoms with Gasteiger partial charge in [-0.05, 0) is 35.9 Å². The molecule has 0 bridgehead atoms. The van der Waals surface area contributed by atoms with E-state index in [1.165, 1.54) is 0 Å². The summed E-state index contributed by atoms with van der Waals surface area (Å²) < 4.78 is 27.3. The molecule has 1 amide bonds. The summed E-state index contributed by atoms with van der Waals surface area (Å²) >= 11 is 0. The summed E-state index contributed by atoms with van der Waals surface area (Å²) in [7, 11) is -4.17. The van der Waals surface area contributed by atoms with Crippen LogP contribution in [0.1, 0.15) is 21.5 Å². The van der Waals surface area contributed by atoms with Crippen molar-refractivity contribution < 1.29 is 18.4 Å². The Morgan fingerprint density at radius 1 is 0.625 bits per heavy atom. The Morgan fingerprint density at radius 2 is 1.09 bits per heavy atom. The molecular weight excluding hydrogens is 421 g/mol. The summed E-state index contributed by atoms with van der Waals surface area (Å²) in [5, 5.41) is 1.44. The monoisotopic (exact) mass is 441 g/mol. The van der Waals surface area contributed by atoms with Crippen LogP contribution in [0, 0.1) is 0 Å². The van der Waals surface area contributed by atoms with Gasteiger partial charge in [0.05, 0.1) is 0 Å². The van der Waals surface area contributed by atoms with Gasteiger partial charge in [0.15, 0.2) is 0 Å². The van der Waals surface area contributed by atoms with Crippen LogP contribution in [0.5, 0.6) is 11.5 Å². The number of para-hydroxylation sites is 2. The van der Waals surface area contributed by atoms with E-state index in [1.54, 1.807) is 66.7 Å². The summed E-state index contributed by atoms with van der Waals surface area (Å²) in [6, 6.07) is 33.9. The van der Waals surface area contributed by atoms with E-state index in [-0.39, 0.29) is 5.91 Å². The van der Waals surface area contributed by atoms with Crippen LogP contribution in [-0.2, 0) is 9.85 Å². The lowest BCUT2D eigenvalue weighted by Crippen LogP contribution is -2.43. The Balaban J connectivity index is 1.78. The predicted octanol–water partition coefficient (Wildman–Crippen LogP) is 5.98. The molecule has 6 heteroatoms. The van der Waals surface area contributed by atoms with Gasteiger partial charge in [0.1, 0.15) is 11.5 Å². The van der Waals surface area contributed by atoms with E-state index < -0.39 is 12.9 Å². The van der Waals surface area contributed by atoms with Gasteiger partial charge >= 0.3 is 7.60 Å². The van der Waals surface area contributed by atoms with Crippen molar-refractivity contribution >= 4 is 13.5 Å². The number of nitrogens with one attached hydrogen (secondary N) is 1. The minimum Gasteiger partial charge on any atom is -0.414 e. The molecule has 0 saturated heterocycles. The summed E-state index contributed by atoms with van der Waals surface area (Å²) in [4.78, 5) is 13.1. The molecule has 32 heavy (non-hydrogen) atoms. The second-order valence-corrected chi connectivity index (χ2v) is 9.41. The van der Waals surface area contributed by atoms with Crippen LogP contribution in [0.2, 0.25) is 0 Å². The Hall–Kier alpha value is -3.82. The van der Waals surface area contributed by atoms with Crippen molar-refractivity contribution in [2.75, 3.05) is 0 Å². The molecule has 1 heterocycles. The normalized spacial score (nSPS) is 17.3. The van der Waals surface area contributed by atoms with Crippen molar-refractivity contribution in [1.29, 1.82) is 0 Å².